The number of hydrogen-bond acceptors (Lipinski definition) is 0. The van der Waals surface area contributed by atoms with Crippen molar-refractivity contribution in [1.29, 1.82) is 0 Å². The van der Waals surface area contributed by atoms with Gasteiger partial charge in [-0.15, -0.1) is 0 Å². The highest BCUT2D eigenvalue weighted by Crippen LogP contribution is 2.35. The first-order valence-corrected chi connectivity index (χ1v) is 5.99. The SMILES string of the molecule is CCc1ccc(-c2ccc(C(F)(F)F)c(F)c2F)cc1. The second-order valence-corrected chi connectivity index (χ2v) is 4.34. The Morgan fingerprint density at radius 2 is 1.45 bits per heavy atom. The van der Waals surface area contributed by atoms with E-state index < -0.39 is 23.4 Å². The van der Waals surface area contributed by atoms with E-state index in [1.54, 1.807) is 24.3 Å². The Morgan fingerprint density at radius 3 is 1.95 bits per heavy atom. The molecule has 20 heavy (non-hydrogen) atoms. The molecule has 0 atom stereocenters. The molecular weight excluding hydrogens is 275 g/mol. The second kappa shape index (κ2) is 5.23. The van der Waals surface area contributed by atoms with Gasteiger partial charge in [0.2, 0.25) is 0 Å². The highest BCUT2D eigenvalue weighted by atomic mass is 19.4. The van der Waals surface area contributed by atoms with E-state index in [1.807, 2.05) is 6.92 Å². The molecule has 0 aliphatic heterocycles. The fraction of sp³-hybridized carbons (Fsp3) is 0.200. The average Bonchev–Trinajstić information content (AvgIpc) is 2.40. The van der Waals surface area contributed by atoms with Crippen LogP contribution in [0.1, 0.15) is 18.1 Å². The van der Waals surface area contributed by atoms with Crippen molar-refractivity contribution in [3.8, 4) is 11.1 Å². The minimum Gasteiger partial charge on any atom is -0.203 e. The van der Waals surface area contributed by atoms with Gasteiger partial charge in [-0.25, -0.2) is 8.78 Å². The van der Waals surface area contributed by atoms with Crippen LogP contribution in [0.4, 0.5) is 22.0 Å². The van der Waals surface area contributed by atoms with Gasteiger partial charge in [-0.2, -0.15) is 13.2 Å². The molecule has 0 unspecified atom stereocenters. The Balaban J connectivity index is 2.50. The van der Waals surface area contributed by atoms with E-state index in [-0.39, 0.29) is 5.56 Å². The number of alkyl halides is 3. The summed E-state index contributed by atoms with van der Waals surface area (Å²) in [4.78, 5) is 0. The van der Waals surface area contributed by atoms with E-state index in [9.17, 15) is 22.0 Å². The summed E-state index contributed by atoms with van der Waals surface area (Å²) in [5, 5.41) is 0. The van der Waals surface area contributed by atoms with Gasteiger partial charge in [-0.3, -0.25) is 0 Å². The Kier molecular flexibility index (Phi) is 3.79. The maximum atomic E-state index is 13.8. The Morgan fingerprint density at radius 1 is 0.850 bits per heavy atom. The van der Waals surface area contributed by atoms with Gasteiger partial charge in [0.15, 0.2) is 11.6 Å². The summed E-state index contributed by atoms with van der Waals surface area (Å²) >= 11 is 0. The number of aryl methyl sites for hydroxylation is 1. The van der Waals surface area contributed by atoms with Gasteiger partial charge < -0.3 is 0 Å². The molecule has 0 N–H and O–H groups in total. The van der Waals surface area contributed by atoms with Crippen LogP contribution in [0.2, 0.25) is 0 Å². The lowest BCUT2D eigenvalue weighted by molar-refractivity contribution is -0.140. The molecule has 2 aromatic carbocycles. The zero-order chi connectivity index (χ0) is 14.9. The van der Waals surface area contributed by atoms with Gasteiger partial charge in [0, 0.05) is 5.56 Å². The standard InChI is InChI=1S/C15H11F5/c1-2-9-3-5-10(6-4-9)11-7-8-12(15(18,19)20)14(17)13(11)16/h3-8H,2H2,1H3. The normalized spacial score (nSPS) is 11.7. The largest absolute Gasteiger partial charge is 0.419 e. The van der Waals surface area contributed by atoms with Gasteiger partial charge in [0.1, 0.15) is 0 Å². The van der Waals surface area contributed by atoms with Crippen molar-refractivity contribution in [1.82, 2.24) is 0 Å². The fourth-order valence-corrected chi connectivity index (χ4v) is 1.91. The third kappa shape index (κ3) is 2.66. The maximum absolute atomic E-state index is 13.8. The first kappa shape index (κ1) is 14.5. The summed E-state index contributed by atoms with van der Waals surface area (Å²) in [6.45, 7) is 1.94. The van der Waals surface area contributed by atoms with E-state index in [2.05, 4.69) is 0 Å². The lowest BCUT2D eigenvalue weighted by Gasteiger charge is -2.11. The summed E-state index contributed by atoms with van der Waals surface area (Å²) in [6, 6.07) is 8.08. The van der Waals surface area contributed by atoms with Crippen LogP contribution in [0.3, 0.4) is 0 Å². The summed E-state index contributed by atoms with van der Waals surface area (Å²) in [6.07, 6.45) is -4.13. The third-order valence-electron chi connectivity index (χ3n) is 3.06. The quantitative estimate of drug-likeness (QED) is 0.664. The zero-order valence-corrected chi connectivity index (χ0v) is 10.6. The smallest absolute Gasteiger partial charge is 0.203 e. The van der Waals surface area contributed by atoms with Gasteiger partial charge >= 0.3 is 6.18 Å². The molecule has 0 fully saturated rings. The molecule has 0 radical (unpaired) electrons. The molecule has 0 spiro atoms. The lowest BCUT2D eigenvalue weighted by Crippen LogP contribution is -2.10. The topological polar surface area (TPSA) is 0 Å². The minimum absolute atomic E-state index is 0.182. The molecule has 5 heteroatoms. The van der Waals surface area contributed by atoms with Crippen molar-refractivity contribution >= 4 is 0 Å². The molecule has 0 amide bonds. The van der Waals surface area contributed by atoms with Crippen molar-refractivity contribution in [2.45, 2.75) is 19.5 Å². The maximum Gasteiger partial charge on any atom is 0.419 e. The van der Waals surface area contributed by atoms with Crippen molar-refractivity contribution in [2.75, 3.05) is 0 Å². The molecule has 0 saturated carbocycles. The van der Waals surface area contributed by atoms with Gasteiger partial charge in [-0.05, 0) is 23.6 Å². The van der Waals surface area contributed by atoms with E-state index in [0.29, 0.717) is 11.6 Å². The molecule has 0 aromatic heterocycles. The number of hydrogen-bond donors (Lipinski definition) is 0. The summed E-state index contributed by atoms with van der Waals surface area (Å²) in [5.74, 6) is -3.35. The molecule has 0 heterocycles. The first-order valence-electron chi connectivity index (χ1n) is 5.99. The van der Waals surface area contributed by atoms with Crippen LogP contribution in [-0.2, 0) is 12.6 Å². The van der Waals surface area contributed by atoms with Crippen LogP contribution >= 0.6 is 0 Å². The summed E-state index contributed by atoms with van der Waals surface area (Å²) in [7, 11) is 0. The zero-order valence-electron chi connectivity index (χ0n) is 10.6. The van der Waals surface area contributed by atoms with Gasteiger partial charge in [-0.1, -0.05) is 37.3 Å². The highest BCUT2D eigenvalue weighted by molar-refractivity contribution is 5.65. The Bertz CT molecular complexity index is 611. The van der Waals surface area contributed by atoms with E-state index >= 15 is 0 Å². The van der Waals surface area contributed by atoms with Gasteiger partial charge in [0.25, 0.3) is 0 Å². The van der Waals surface area contributed by atoms with Crippen LogP contribution in [0.5, 0.6) is 0 Å². The van der Waals surface area contributed by atoms with Crippen LogP contribution < -0.4 is 0 Å². The minimum atomic E-state index is -4.91. The summed E-state index contributed by atoms with van der Waals surface area (Å²) in [5.41, 5.74) is -0.434. The van der Waals surface area contributed by atoms with Crippen molar-refractivity contribution < 1.29 is 22.0 Å². The number of halogens is 5. The Hall–Kier alpha value is -1.91. The highest BCUT2D eigenvalue weighted by Gasteiger charge is 2.36. The average molecular weight is 286 g/mol. The van der Waals surface area contributed by atoms with Crippen LogP contribution in [0.15, 0.2) is 36.4 Å². The van der Waals surface area contributed by atoms with E-state index in [0.717, 1.165) is 18.1 Å². The second-order valence-electron chi connectivity index (χ2n) is 4.34. The Labute approximate surface area is 112 Å². The molecular formula is C15H11F5. The molecule has 0 nitrogen and oxygen atoms in total. The third-order valence-corrected chi connectivity index (χ3v) is 3.06. The fourth-order valence-electron chi connectivity index (χ4n) is 1.91. The molecule has 2 rings (SSSR count). The summed E-state index contributed by atoms with van der Waals surface area (Å²) < 4.78 is 64.6. The lowest BCUT2D eigenvalue weighted by atomic mass is 10.0. The molecule has 0 aliphatic carbocycles. The van der Waals surface area contributed by atoms with Crippen LogP contribution in [-0.4, -0.2) is 0 Å². The number of benzene rings is 2. The van der Waals surface area contributed by atoms with Crippen LogP contribution in [0.25, 0.3) is 11.1 Å². The predicted molar refractivity (Wildman–Crippen MR) is 66.2 cm³/mol. The van der Waals surface area contributed by atoms with Gasteiger partial charge in [0.05, 0.1) is 5.56 Å². The molecule has 106 valence electrons. The van der Waals surface area contributed by atoms with Crippen LogP contribution in [0, 0.1) is 11.6 Å². The number of rotatable bonds is 2. The molecule has 0 aliphatic rings. The van der Waals surface area contributed by atoms with Crippen molar-refractivity contribution in [3.63, 3.8) is 0 Å². The van der Waals surface area contributed by atoms with E-state index in [4.69, 9.17) is 0 Å². The first-order chi connectivity index (χ1) is 9.34. The van der Waals surface area contributed by atoms with Crippen molar-refractivity contribution in [3.05, 3.63) is 59.2 Å². The predicted octanol–water partition coefficient (Wildman–Crippen LogP) is 5.21. The molecule has 0 saturated heterocycles. The van der Waals surface area contributed by atoms with E-state index in [1.165, 1.54) is 0 Å². The molecule has 0 bridgehead atoms. The molecule has 2 aromatic rings. The van der Waals surface area contributed by atoms with Crippen molar-refractivity contribution in [2.24, 2.45) is 0 Å². The monoisotopic (exact) mass is 286 g/mol.